The minimum atomic E-state index is -4.34. The van der Waals surface area contributed by atoms with Crippen LogP contribution in [-0.4, -0.2) is 21.3 Å². The molecule has 3 N–H and O–H groups in total. The standard InChI is InChI=1S/C15H14F3N3O2S/c1-8(6-12(22)11-7-13(23)21-14(19)20-11)9-2-4-10(5-3-9)24-15(16,17)18/h2-5,7-8H,6H2,1H3,(H3,19,20,21,23)/t8-/m0/s1. The number of rotatable bonds is 5. The van der Waals surface area contributed by atoms with Gasteiger partial charge in [0.2, 0.25) is 5.95 Å². The Bertz CT molecular complexity index is 788. The number of ketones is 1. The van der Waals surface area contributed by atoms with Gasteiger partial charge in [-0.25, -0.2) is 4.98 Å². The van der Waals surface area contributed by atoms with Crippen molar-refractivity contribution >= 4 is 23.5 Å². The second kappa shape index (κ2) is 7.08. The first kappa shape index (κ1) is 18.1. The Morgan fingerprint density at radius 3 is 2.50 bits per heavy atom. The van der Waals surface area contributed by atoms with E-state index in [0.29, 0.717) is 5.56 Å². The van der Waals surface area contributed by atoms with Crippen molar-refractivity contribution in [3.05, 3.63) is 51.9 Å². The van der Waals surface area contributed by atoms with E-state index in [9.17, 15) is 22.8 Å². The lowest BCUT2D eigenvalue weighted by molar-refractivity contribution is -0.0328. The number of carbonyl (C=O) groups excluding carboxylic acids is 1. The number of hydrogen-bond acceptors (Lipinski definition) is 5. The quantitative estimate of drug-likeness (QED) is 0.633. The molecule has 2 rings (SSSR count). The number of nitrogens with one attached hydrogen (secondary N) is 1. The summed E-state index contributed by atoms with van der Waals surface area (Å²) in [5, 5.41) is 0. The number of hydrogen-bond donors (Lipinski definition) is 2. The minimum Gasteiger partial charge on any atom is -0.369 e. The number of alkyl halides is 3. The van der Waals surface area contributed by atoms with E-state index in [4.69, 9.17) is 5.73 Å². The van der Waals surface area contributed by atoms with Crippen LogP contribution < -0.4 is 11.3 Å². The van der Waals surface area contributed by atoms with Crippen LogP contribution in [0.2, 0.25) is 0 Å². The van der Waals surface area contributed by atoms with Gasteiger partial charge in [-0.15, -0.1) is 0 Å². The van der Waals surface area contributed by atoms with Crippen LogP contribution in [0.15, 0.2) is 40.0 Å². The topological polar surface area (TPSA) is 88.8 Å². The molecule has 0 saturated carbocycles. The number of benzene rings is 1. The van der Waals surface area contributed by atoms with Crippen LogP contribution in [0.25, 0.3) is 0 Å². The zero-order valence-electron chi connectivity index (χ0n) is 12.6. The van der Waals surface area contributed by atoms with Gasteiger partial charge in [-0.05, 0) is 35.4 Å². The minimum absolute atomic E-state index is 0.0349. The van der Waals surface area contributed by atoms with Gasteiger partial charge < -0.3 is 5.73 Å². The van der Waals surface area contributed by atoms with Gasteiger partial charge in [0.1, 0.15) is 5.69 Å². The van der Waals surface area contributed by atoms with E-state index >= 15 is 0 Å². The molecule has 0 saturated heterocycles. The van der Waals surface area contributed by atoms with Crippen LogP contribution in [0.4, 0.5) is 19.1 Å². The van der Waals surface area contributed by atoms with E-state index in [2.05, 4.69) is 9.97 Å². The average Bonchev–Trinajstić information content (AvgIpc) is 2.45. The van der Waals surface area contributed by atoms with Crippen molar-refractivity contribution < 1.29 is 18.0 Å². The van der Waals surface area contributed by atoms with Gasteiger partial charge in [-0.1, -0.05) is 19.1 Å². The second-order valence-corrected chi connectivity index (χ2v) is 6.30. The number of anilines is 1. The van der Waals surface area contributed by atoms with Gasteiger partial charge in [0.25, 0.3) is 5.56 Å². The molecular formula is C15H14F3N3O2S. The third kappa shape index (κ3) is 5.12. The van der Waals surface area contributed by atoms with E-state index in [0.717, 1.165) is 6.07 Å². The SMILES string of the molecule is C[C@@H](CC(=O)c1cc(=O)[nH]c(N)n1)c1ccc(SC(F)(F)F)cc1. The van der Waals surface area contributed by atoms with Crippen LogP contribution in [0, 0.1) is 0 Å². The summed E-state index contributed by atoms with van der Waals surface area (Å²) in [4.78, 5) is 29.6. The van der Waals surface area contributed by atoms with Crippen molar-refractivity contribution in [2.24, 2.45) is 0 Å². The predicted octanol–water partition coefficient (Wildman–Crippen LogP) is 3.34. The molecule has 0 radical (unpaired) electrons. The van der Waals surface area contributed by atoms with Gasteiger partial charge in [0.15, 0.2) is 5.78 Å². The lowest BCUT2D eigenvalue weighted by Gasteiger charge is -2.12. The Morgan fingerprint density at radius 1 is 1.33 bits per heavy atom. The van der Waals surface area contributed by atoms with Gasteiger partial charge in [0, 0.05) is 17.4 Å². The molecule has 0 fully saturated rings. The van der Waals surface area contributed by atoms with E-state index in [1.807, 2.05) is 0 Å². The summed E-state index contributed by atoms with van der Waals surface area (Å²) < 4.78 is 36.9. The molecule has 0 unspecified atom stereocenters. The van der Waals surface area contributed by atoms with Crippen LogP contribution >= 0.6 is 11.8 Å². The summed E-state index contributed by atoms with van der Waals surface area (Å²) in [6, 6.07) is 6.88. The fourth-order valence-corrected chi connectivity index (χ4v) is 2.66. The molecule has 0 aliphatic carbocycles. The Morgan fingerprint density at radius 2 is 1.96 bits per heavy atom. The maximum atomic E-state index is 12.3. The van der Waals surface area contributed by atoms with Crippen LogP contribution in [-0.2, 0) is 0 Å². The number of aromatic amines is 1. The molecule has 0 aliphatic rings. The van der Waals surface area contributed by atoms with Crippen molar-refractivity contribution in [3.8, 4) is 0 Å². The van der Waals surface area contributed by atoms with Crippen LogP contribution in [0.5, 0.6) is 0 Å². The number of carbonyl (C=O) groups is 1. The number of aromatic nitrogens is 2. The molecule has 0 spiro atoms. The molecule has 0 amide bonds. The van der Waals surface area contributed by atoms with Gasteiger partial charge in [0.05, 0.1) is 0 Å². The fourth-order valence-electron chi connectivity index (χ4n) is 2.12. The highest BCUT2D eigenvalue weighted by Crippen LogP contribution is 2.37. The molecule has 5 nitrogen and oxygen atoms in total. The molecule has 128 valence electrons. The molecule has 0 aliphatic heterocycles. The highest BCUT2D eigenvalue weighted by Gasteiger charge is 2.29. The first-order valence-electron chi connectivity index (χ1n) is 6.90. The van der Waals surface area contributed by atoms with Crippen LogP contribution in [0.1, 0.15) is 35.3 Å². The number of halogens is 3. The number of H-pyrrole nitrogens is 1. The molecule has 1 aromatic carbocycles. The summed E-state index contributed by atoms with van der Waals surface area (Å²) in [6.07, 6.45) is 0.0572. The third-order valence-electron chi connectivity index (χ3n) is 3.22. The second-order valence-electron chi connectivity index (χ2n) is 5.16. The monoisotopic (exact) mass is 357 g/mol. The highest BCUT2D eigenvalue weighted by molar-refractivity contribution is 8.00. The number of nitrogens with two attached hydrogens (primary N) is 1. The number of Topliss-reactive ketones (excluding diaryl/α,β-unsaturated/α-hetero) is 1. The van der Waals surface area contributed by atoms with Crippen LogP contribution in [0.3, 0.4) is 0 Å². The van der Waals surface area contributed by atoms with Gasteiger partial charge in [-0.3, -0.25) is 14.6 Å². The lowest BCUT2D eigenvalue weighted by Crippen LogP contribution is -2.16. The summed E-state index contributed by atoms with van der Waals surface area (Å²) >= 11 is -0.194. The molecule has 24 heavy (non-hydrogen) atoms. The number of thioether (sulfide) groups is 1. The van der Waals surface area contributed by atoms with Crippen molar-refractivity contribution in [2.75, 3.05) is 5.73 Å². The summed E-state index contributed by atoms with van der Waals surface area (Å²) in [5.74, 6) is -0.758. The maximum absolute atomic E-state index is 12.3. The molecule has 0 bridgehead atoms. The summed E-state index contributed by atoms with van der Waals surface area (Å²) in [7, 11) is 0. The molecule has 2 aromatic rings. The zero-order valence-corrected chi connectivity index (χ0v) is 13.4. The molecule has 9 heteroatoms. The van der Waals surface area contributed by atoms with Crippen molar-refractivity contribution in [2.45, 2.75) is 29.7 Å². The van der Waals surface area contributed by atoms with Gasteiger partial charge in [-0.2, -0.15) is 13.2 Å². The van der Waals surface area contributed by atoms with Crippen molar-refractivity contribution in [1.29, 1.82) is 0 Å². The summed E-state index contributed by atoms with van der Waals surface area (Å²) in [5.41, 5.74) is 1.21. The summed E-state index contributed by atoms with van der Waals surface area (Å²) in [6.45, 7) is 1.76. The normalized spacial score (nSPS) is 12.8. The van der Waals surface area contributed by atoms with E-state index in [1.54, 1.807) is 19.1 Å². The number of nitrogens with zero attached hydrogens (tertiary/aromatic N) is 1. The number of nitrogen functional groups attached to an aromatic ring is 1. The smallest absolute Gasteiger partial charge is 0.369 e. The first-order valence-corrected chi connectivity index (χ1v) is 7.71. The average molecular weight is 357 g/mol. The Labute approximate surface area is 139 Å². The largest absolute Gasteiger partial charge is 0.446 e. The maximum Gasteiger partial charge on any atom is 0.446 e. The molecular weight excluding hydrogens is 343 g/mol. The molecule has 1 heterocycles. The molecule has 1 aromatic heterocycles. The lowest BCUT2D eigenvalue weighted by atomic mass is 9.95. The predicted molar refractivity (Wildman–Crippen MR) is 85.0 cm³/mol. The van der Waals surface area contributed by atoms with Crippen molar-refractivity contribution in [1.82, 2.24) is 9.97 Å². The van der Waals surface area contributed by atoms with E-state index < -0.39 is 11.1 Å². The zero-order chi connectivity index (χ0) is 17.9. The fraction of sp³-hybridized carbons (Fsp3) is 0.267. The van der Waals surface area contributed by atoms with E-state index in [-0.39, 0.29) is 46.4 Å². The Balaban J connectivity index is 2.07. The third-order valence-corrected chi connectivity index (χ3v) is 3.96. The van der Waals surface area contributed by atoms with E-state index in [1.165, 1.54) is 12.1 Å². The van der Waals surface area contributed by atoms with Gasteiger partial charge >= 0.3 is 5.51 Å². The highest BCUT2D eigenvalue weighted by atomic mass is 32.2. The first-order chi connectivity index (χ1) is 11.1. The Hall–Kier alpha value is -2.29. The van der Waals surface area contributed by atoms with Crippen molar-refractivity contribution in [3.63, 3.8) is 0 Å². The molecule has 1 atom stereocenters. The Kier molecular flexibility index (Phi) is 5.33.